The maximum atomic E-state index is 11.4. The number of rotatable bonds is 7. The number of sulfonamides is 1. The topological polar surface area (TPSA) is 49.4 Å². The van der Waals surface area contributed by atoms with Gasteiger partial charge >= 0.3 is 0 Å². The van der Waals surface area contributed by atoms with Crippen molar-refractivity contribution in [1.82, 2.24) is 9.62 Å². The van der Waals surface area contributed by atoms with Crippen LogP contribution in [-0.4, -0.2) is 56.2 Å². The molecule has 1 N–H and O–H groups in total. The molecule has 102 valence electrons. The lowest BCUT2D eigenvalue weighted by Gasteiger charge is -2.23. The van der Waals surface area contributed by atoms with Crippen LogP contribution < -0.4 is 5.32 Å². The Morgan fingerprint density at radius 3 is 2.53 bits per heavy atom. The first-order valence-corrected chi connectivity index (χ1v) is 9.30. The summed E-state index contributed by atoms with van der Waals surface area (Å²) in [6.45, 7) is 4.00. The molecule has 0 saturated carbocycles. The summed E-state index contributed by atoms with van der Waals surface area (Å²) in [4.78, 5) is 0. The minimum Gasteiger partial charge on any atom is -0.314 e. The second-order valence-corrected chi connectivity index (χ2v) is 7.66. The molecule has 1 fully saturated rings. The van der Waals surface area contributed by atoms with E-state index in [9.17, 15) is 8.42 Å². The van der Waals surface area contributed by atoms with E-state index in [2.05, 4.69) is 5.32 Å². The third-order valence-electron chi connectivity index (χ3n) is 3.06. The van der Waals surface area contributed by atoms with Crippen molar-refractivity contribution < 1.29 is 8.42 Å². The Morgan fingerprint density at radius 1 is 1.35 bits per heavy atom. The molecule has 1 aliphatic heterocycles. The predicted molar refractivity (Wildman–Crippen MR) is 75.1 cm³/mol. The molecule has 17 heavy (non-hydrogen) atoms. The van der Waals surface area contributed by atoms with E-state index in [0.717, 1.165) is 13.0 Å². The maximum absolute atomic E-state index is 11.4. The number of hydrogen-bond donors (Lipinski definition) is 1. The minimum atomic E-state index is -3.02. The largest absolute Gasteiger partial charge is 0.314 e. The molecule has 0 radical (unpaired) electrons. The summed E-state index contributed by atoms with van der Waals surface area (Å²) >= 11 is 2.02. The van der Waals surface area contributed by atoms with Crippen LogP contribution in [0.15, 0.2) is 0 Å². The van der Waals surface area contributed by atoms with E-state index < -0.39 is 10.0 Å². The average Bonchev–Trinajstić information content (AvgIpc) is 2.28. The van der Waals surface area contributed by atoms with Gasteiger partial charge in [0.1, 0.15) is 0 Å². The molecule has 0 atom stereocenters. The van der Waals surface area contributed by atoms with Crippen LogP contribution in [0.4, 0.5) is 0 Å². The van der Waals surface area contributed by atoms with Crippen molar-refractivity contribution in [1.29, 1.82) is 0 Å². The van der Waals surface area contributed by atoms with E-state index >= 15 is 0 Å². The molecular weight excluding hydrogens is 256 g/mol. The van der Waals surface area contributed by atoms with Crippen LogP contribution in [0.3, 0.4) is 0 Å². The fourth-order valence-electron chi connectivity index (χ4n) is 2.02. The Kier molecular flexibility index (Phi) is 6.84. The molecule has 1 heterocycles. The predicted octanol–water partition coefficient (Wildman–Crippen LogP) is 1.14. The van der Waals surface area contributed by atoms with Crippen molar-refractivity contribution in [3.8, 4) is 0 Å². The molecule has 6 heteroatoms. The van der Waals surface area contributed by atoms with Crippen LogP contribution >= 0.6 is 11.8 Å². The van der Waals surface area contributed by atoms with Crippen molar-refractivity contribution in [3.05, 3.63) is 0 Å². The highest BCUT2D eigenvalue weighted by Gasteiger charge is 2.15. The van der Waals surface area contributed by atoms with Crippen LogP contribution in [-0.2, 0) is 10.0 Å². The summed E-state index contributed by atoms with van der Waals surface area (Å²) in [5.41, 5.74) is 0. The Balaban J connectivity index is 2.14. The SMILES string of the molecule is CCN(CCCNC1CCSCC1)S(C)(=O)=O. The van der Waals surface area contributed by atoms with Gasteiger partial charge in [0.05, 0.1) is 6.26 Å². The Bertz CT molecular complexity index is 301. The fourth-order valence-corrected chi connectivity index (χ4v) is 4.06. The average molecular weight is 280 g/mol. The standard InChI is InChI=1S/C11H24N2O2S2/c1-3-13(17(2,14)15)8-4-7-12-11-5-9-16-10-6-11/h11-12H,3-10H2,1-2H3. The molecule has 0 amide bonds. The summed E-state index contributed by atoms with van der Waals surface area (Å²) in [5.74, 6) is 2.50. The van der Waals surface area contributed by atoms with Gasteiger partial charge in [0.15, 0.2) is 0 Å². The lowest BCUT2D eigenvalue weighted by molar-refractivity contribution is 0.404. The second kappa shape index (κ2) is 7.61. The highest BCUT2D eigenvalue weighted by atomic mass is 32.2. The summed E-state index contributed by atoms with van der Waals surface area (Å²) in [6.07, 6.45) is 4.66. The minimum absolute atomic E-state index is 0.568. The molecular formula is C11H24N2O2S2. The van der Waals surface area contributed by atoms with Crippen LogP contribution in [0.2, 0.25) is 0 Å². The Labute approximate surface area is 110 Å². The van der Waals surface area contributed by atoms with E-state index in [1.807, 2.05) is 18.7 Å². The summed E-state index contributed by atoms with van der Waals surface area (Å²) in [5, 5.41) is 3.52. The van der Waals surface area contributed by atoms with Crippen LogP contribution in [0.25, 0.3) is 0 Å². The zero-order valence-corrected chi connectivity index (χ0v) is 12.4. The van der Waals surface area contributed by atoms with Crippen LogP contribution in [0.5, 0.6) is 0 Å². The van der Waals surface area contributed by atoms with Crippen molar-refractivity contribution >= 4 is 21.8 Å². The van der Waals surface area contributed by atoms with Crippen molar-refractivity contribution in [2.45, 2.75) is 32.2 Å². The Morgan fingerprint density at radius 2 is 2.00 bits per heavy atom. The summed E-state index contributed by atoms with van der Waals surface area (Å²) < 4.78 is 24.3. The zero-order valence-electron chi connectivity index (χ0n) is 10.8. The van der Waals surface area contributed by atoms with Crippen molar-refractivity contribution in [2.24, 2.45) is 0 Å². The maximum Gasteiger partial charge on any atom is 0.211 e. The highest BCUT2D eigenvalue weighted by molar-refractivity contribution is 7.99. The first kappa shape index (κ1) is 15.3. The third kappa shape index (κ3) is 6.08. The zero-order chi connectivity index (χ0) is 12.7. The normalized spacial score (nSPS) is 18.8. The van der Waals surface area contributed by atoms with Gasteiger partial charge in [-0.2, -0.15) is 11.8 Å². The van der Waals surface area contributed by atoms with Gasteiger partial charge < -0.3 is 5.32 Å². The number of nitrogens with zero attached hydrogens (tertiary/aromatic N) is 1. The molecule has 1 aliphatic rings. The smallest absolute Gasteiger partial charge is 0.211 e. The molecule has 0 unspecified atom stereocenters. The van der Waals surface area contributed by atoms with Gasteiger partial charge in [-0.3, -0.25) is 0 Å². The third-order valence-corrected chi connectivity index (χ3v) is 5.49. The number of nitrogens with one attached hydrogen (secondary N) is 1. The fraction of sp³-hybridized carbons (Fsp3) is 1.00. The molecule has 0 aliphatic carbocycles. The molecule has 4 nitrogen and oxygen atoms in total. The monoisotopic (exact) mass is 280 g/mol. The highest BCUT2D eigenvalue weighted by Crippen LogP contribution is 2.16. The van der Waals surface area contributed by atoms with E-state index in [1.54, 1.807) is 0 Å². The molecule has 0 aromatic rings. The lowest BCUT2D eigenvalue weighted by Crippen LogP contribution is -2.36. The second-order valence-electron chi connectivity index (χ2n) is 4.45. The van der Waals surface area contributed by atoms with Gasteiger partial charge in [-0.1, -0.05) is 6.92 Å². The van der Waals surface area contributed by atoms with Crippen molar-refractivity contribution in [3.63, 3.8) is 0 Å². The van der Waals surface area contributed by atoms with Gasteiger partial charge in [0.25, 0.3) is 0 Å². The van der Waals surface area contributed by atoms with E-state index in [0.29, 0.717) is 19.1 Å². The van der Waals surface area contributed by atoms with Gasteiger partial charge in [0.2, 0.25) is 10.0 Å². The molecule has 0 aromatic heterocycles. The first-order valence-electron chi connectivity index (χ1n) is 6.30. The number of thioether (sulfide) groups is 1. The van der Waals surface area contributed by atoms with Gasteiger partial charge in [0, 0.05) is 19.1 Å². The van der Waals surface area contributed by atoms with Gasteiger partial charge in [-0.25, -0.2) is 12.7 Å². The van der Waals surface area contributed by atoms with Gasteiger partial charge in [-0.15, -0.1) is 0 Å². The molecule has 0 spiro atoms. The summed E-state index contributed by atoms with van der Waals surface area (Å²) in [6, 6.07) is 0.643. The van der Waals surface area contributed by atoms with Crippen molar-refractivity contribution in [2.75, 3.05) is 37.4 Å². The first-order chi connectivity index (χ1) is 8.04. The van der Waals surface area contributed by atoms with Crippen LogP contribution in [0, 0.1) is 0 Å². The summed E-state index contributed by atoms with van der Waals surface area (Å²) in [7, 11) is -3.02. The van der Waals surface area contributed by atoms with Crippen LogP contribution in [0.1, 0.15) is 26.2 Å². The molecule has 1 rings (SSSR count). The number of hydrogen-bond acceptors (Lipinski definition) is 4. The lowest BCUT2D eigenvalue weighted by atomic mass is 10.1. The van der Waals surface area contributed by atoms with E-state index in [-0.39, 0.29) is 0 Å². The molecule has 0 bridgehead atoms. The Hall–Kier alpha value is 0.220. The van der Waals surface area contributed by atoms with E-state index in [1.165, 1.54) is 34.9 Å². The molecule has 1 saturated heterocycles. The van der Waals surface area contributed by atoms with E-state index in [4.69, 9.17) is 0 Å². The van der Waals surface area contributed by atoms with Gasteiger partial charge in [-0.05, 0) is 37.3 Å². The quantitative estimate of drug-likeness (QED) is 0.711. The molecule has 0 aromatic carbocycles.